The van der Waals surface area contributed by atoms with Crippen molar-refractivity contribution in [2.24, 2.45) is 0 Å². The van der Waals surface area contributed by atoms with Gasteiger partial charge in [0.05, 0.1) is 12.3 Å². The summed E-state index contributed by atoms with van der Waals surface area (Å²) in [4.78, 5) is 21.2. The van der Waals surface area contributed by atoms with E-state index >= 15 is 0 Å². The molecule has 0 aromatic carbocycles. The van der Waals surface area contributed by atoms with Crippen molar-refractivity contribution in [3.63, 3.8) is 0 Å². The molecule has 0 spiro atoms. The van der Waals surface area contributed by atoms with Crippen molar-refractivity contribution in [1.82, 2.24) is 14.9 Å². The summed E-state index contributed by atoms with van der Waals surface area (Å²) in [7, 11) is 0. The highest BCUT2D eigenvalue weighted by Crippen LogP contribution is 2.09. The first-order chi connectivity index (χ1) is 8.15. The van der Waals surface area contributed by atoms with E-state index in [-0.39, 0.29) is 0 Å². The molecule has 6 nitrogen and oxygen atoms in total. The fourth-order valence-corrected chi connectivity index (χ4v) is 1.82. The quantitative estimate of drug-likeness (QED) is 0.801. The van der Waals surface area contributed by atoms with Gasteiger partial charge in [0.15, 0.2) is 6.10 Å². The summed E-state index contributed by atoms with van der Waals surface area (Å²) in [5.74, 6) is -0.181. The van der Waals surface area contributed by atoms with Gasteiger partial charge in [-0.05, 0) is 13.0 Å². The number of aryl methyl sites for hydroxylation is 1. The largest absolute Gasteiger partial charge is 0.479 e. The van der Waals surface area contributed by atoms with Crippen molar-refractivity contribution in [3.8, 4) is 0 Å². The van der Waals surface area contributed by atoms with Gasteiger partial charge in [-0.15, -0.1) is 0 Å². The number of aliphatic carboxylic acids is 1. The summed E-state index contributed by atoms with van der Waals surface area (Å²) in [6, 6.07) is 1.85. The Labute approximate surface area is 99.2 Å². The second kappa shape index (κ2) is 5.20. The molecule has 1 aromatic rings. The molecule has 1 aromatic heterocycles. The van der Waals surface area contributed by atoms with Gasteiger partial charge >= 0.3 is 5.97 Å². The summed E-state index contributed by atoms with van der Waals surface area (Å²) in [5.41, 5.74) is 0.906. The van der Waals surface area contributed by atoms with Crippen LogP contribution >= 0.6 is 0 Å². The minimum absolute atomic E-state index is 0.401. The van der Waals surface area contributed by atoms with Crippen molar-refractivity contribution in [3.05, 3.63) is 23.8 Å². The monoisotopic (exact) mass is 237 g/mol. The highest BCUT2D eigenvalue weighted by molar-refractivity contribution is 5.72. The SMILES string of the molecule is Cc1nccc(CN2CCOC(C(=O)O)C2)n1. The molecule has 1 saturated heterocycles. The number of aromatic nitrogens is 2. The van der Waals surface area contributed by atoms with Crippen LogP contribution in [0, 0.1) is 6.92 Å². The Morgan fingerprint density at radius 2 is 2.53 bits per heavy atom. The van der Waals surface area contributed by atoms with Crippen LogP contribution < -0.4 is 0 Å². The van der Waals surface area contributed by atoms with Crippen LogP contribution in [-0.4, -0.2) is 51.7 Å². The first kappa shape index (κ1) is 11.9. The number of rotatable bonds is 3. The zero-order valence-corrected chi connectivity index (χ0v) is 9.67. The Balaban J connectivity index is 1.97. The van der Waals surface area contributed by atoms with E-state index in [4.69, 9.17) is 9.84 Å². The van der Waals surface area contributed by atoms with E-state index in [9.17, 15) is 4.79 Å². The maximum atomic E-state index is 10.8. The number of morpholine rings is 1. The van der Waals surface area contributed by atoms with Crippen molar-refractivity contribution in [2.75, 3.05) is 19.7 Å². The standard InChI is InChI=1S/C11H15N3O3/c1-8-12-3-2-9(13-8)6-14-4-5-17-10(7-14)11(15)16/h2-3,10H,4-7H2,1H3,(H,15,16). The van der Waals surface area contributed by atoms with E-state index in [2.05, 4.69) is 9.97 Å². The number of carboxylic acid groups (broad SMARTS) is 1. The van der Waals surface area contributed by atoms with Gasteiger partial charge in [0.25, 0.3) is 0 Å². The molecule has 2 rings (SSSR count). The van der Waals surface area contributed by atoms with Gasteiger partial charge < -0.3 is 9.84 Å². The molecular weight excluding hydrogens is 222 g/mol. The van der Waals surface area contributed by atoms with Crippen LogP contribution in [-0.2, 0) is 16.1 Å². The van der Waals surface area contributed by atoms with Crippen molar-refractivity contribution >= 4 is 5.97 Å². The lowest BCUT2D eigenvalue weighted by atomic mass is 10.2. The molecule has 1 aliphatic rings. The predicted octanol–water partition coefficient (Wildman–Crippen LogP) is 0.0704. The number of carboxylic acids is 1. The van der Waals surface area contributed by atoms with E-state index in [0.29, 0.717) is 19.7 Å². The van der Waals surface area contributed by atoms with Gasteiger partial charge in [-0.1, -0.05) is 0 Å². The second-order valence-corrected chi connectivity index (χ2v) is 4.03. The summed E-state index contributed by atoms with van der Waals surface area (Å²) in [5, 5.41) is 8.89. The summed E-state index contributed by atoms with van der Waals surface area (Å²) >= 11 is 0. The lowest BCUT2D eigenvalue weighted by Crippen LogP contribution is -2.45. The van der Waals surface area contributed by atoms with Crippen molar-refractivity contribution in [2.45, 2.75) is 19.6 Å². The third-order valence-corrected chi connectivity index (χ3v) is 2.65. The molecule has 1 unspecified atom stereocenters. The van der Waals surface area contributed by atoms with Crippen LogP contribution in [0.15, 0.2) is 12.3 Å². The van der Waals surface area contributed by atoms with Crippen molar-refractivity contribution in [1.29, 1.82) is 0 Å². The van der Waals surface area contributed by atoms with Gasteiger partial charge in [-0.25, -0.2) is 14.8 Å². The molecule has 1 fully saturated rings. The minimum Gasteiger partial charge on any atom is -0.479 e. The molecular formula is C11H15N3O3. The number of hydrogen-bond donors (Lipinski definition) is 1. The van der Waals surface area contributed by atoms with Crippen LogP contribution in [0.3, 0.4) is 0 Å². The molecule has 17 heavy (non-hydrogen) atoms. The zero-order valence-electron chi connectivity index (χ0n) is 9.67. The Morgan fingerprint density at radius 3 is 3.24 bits per heavy atom. The third-order valence-electron chi connectivity index (χ3n) is 2.65. The maximum absolute atomic E-state index is 10.8. The van der Waals surface area contributed by atoms with Gasteiger partial charge in [0.2, 0.25) is 0 Å². The molecule has 92 valence electrons. The molecule has 6 heteroatoms. The molecule has 0 aliphatic carbocycles. The molecule has 0 saturated carbocycles. The summed E-state index contributed by atoms with van der Waals surface area (Å²) < 4.78 is 5.16. The Hall–Kier alpha value is -1.53. The van der Waals surface area contributed by atoms with Gasteiger partial charge in [0, 0.05) is 25.8 Å². The minimum atomic E-state index is -0.909. The van der Waals surface area contributed by atoms with E-state index in [1.54, 1.807) is 6.20 Å². The van der Waals surface area contributed by atoms with Crippen LogP contribution in [0.25, 0.3) is 0 Å². The maximum Gasteiger partial charge on any atom is 0.334 e. The van der Waals surface area contributed by atoms with Crippen LogP contribution in [0.5, 0.6) is 0 Å². The van der Waals surface area contributed by atoms with Gasteiger partial charge in [0.1, 0.15) is 5.82 Å². The predicted molar refractivity (Wildman–Crippen MR) is 59.4 cm³/mol. The lowest BCUT2D eigenvalue weighted by molar-refractivity contribution is -0.156. The smallest absolute Gasteiger partial charge is 0.334 e. The van der Waals surface area contributed by atoms with Crippen LogP contribution in [0.2, 0.25) is 0 Å². The average molecular weight is 237 g/mol. The molecule has 2 heterocycles. The normalized spacial score (nSPS) is 21.4. The third kappa shape index (κ3) is 3.21. The van der Waals surface area contributed by atoms with Crippen molar-refractivity contribution < 1.29 is 14.6 Å². The lowest BCUT2D eigenvalue weighted by Gasteiger charge is -2.30. The Bertz CT molecular complexity index is 411. The molecule has 1 aliphatic heterocycles. The van der Waals surface area contributed by atoms with Crippen LogP contribution in [0.1, 0.15) is 11.5 Å². The molecule has 1 atom stereocenters. The molecule has 0 amide bonds. The Morgan fingerprint density at radius 1 is 1.71 bits per heavy atom. The molecule has 0 bridgehead atoms. The fraction of sp³-hybridized carbons (Fsp3) is 0.545. The van der Waals surface area contributed by atoms with Gasteiger partial charge in [-0.2, -0.15) is 0 Å². The van der Waals surface area contributed by atoms with E-state index < -0.39 is 12.1 Å². The van der Waals surface area contributed by atoms with E-state index in [0.717, 1.165) is 18.1 Å². The van der Waals surface area contributed by atoms with E-state index in [1.165, 1.54) is 0 Å². The first-order valence-corrected chi connectivity index (χ1v) is 5.50. The molecule has 0 radical (unpaired) electrons. The highest BCUT2D eigenvalue weighted by atomic mass is 16.5. The Kier molecular flexibility index (Phi) is 3.65. The van der Waals surface area contributed by atoms with Crippen LogP contribution in [0.4, 0.5) is 0 Å². The fourth-order valence-electron chi connectivity index (χ4n) is 1.82. The number of hydrogen-bond acceptors (Lipinski definition) is 5. The summed E-state index contributed by atoms with van der Waals surface area (Å²) in [6.07, 6.45) is 0.985. The number of nitrogens with zero attached hydrogens (tertiary/aromatic N) is 3. The number of carbonyl (C=O) groups is 1. The topological polar surface area (TPSA) is 75.6 Å². The van der Waals surface area contributed by atoms with Gasteiger partial charge in [-0.3, -0.25) is 4.90 Å². The van der Waals surface area contributed by atoms with E-state index in [1.807, 2.05) is 17.9 Å². The first-order valence-electron chi connectivity index (χ1n) is 5.50. The molecule has 1 N–H and O–H groups in total. The second-order valence-electron chi connectivity index (χ2n) is 4.03. The number of ether oxygens (including phenoxy) is 1. The highest BCUT2D eigenvalue weighted by Gasteiger charge is 2.26. The average Bonchev–Trinajstić information content (AvgIpc) is 2.29. The summed E-state index contributed by atoms with van der Waals surface area (Å²) in [6.45, 7) is 4.05. The zero-order chi connectivity index (χ0) is 12.3.